The van der Waals surface area contributed by atoms with Crippen molar-refractivity contribution in [2.24, 2.45) is 0 Å². The molecule has 0 amide bonds. The lowest BCUT2D eigenvalue weighted by molar-refractivity contribution is -0.167. The minimum absolute atomic E-state index is 0.0620. The van der Waals surface area contributed by atoms with E-state index in [9.17, 15) is 14.4 Å². The molecule has 0 aromatic rings. The van der Waals surface area contributed by atoms with Gasteiger partial charge in [0.05, 0.1) is 0 Å². The normalized spacial score (nSPS) is 11.9. The van der Waals surface area contributed by atoms with E-state index in [1.54, 1.807) is 0 Å². The Bertz CT molecular complexity index is 905. The first-order valence-corrected chi connectivity index (χ1v) is 27.5. The third-order valence-electron chi connectivity index (χ3n) is 12.6. The summed E-state index contributed by atoms with van der Waals surface area (Å²) in [6.07, 6.45) is 55.4. The molecule has 1 unspecified atom stereocenters. The Morgan fingerprint density at radius 1 is 0.262 bits per heavy atom. The number of unbranched alkanes of at least 4 members (excludes halogenated alkanes) is 40. The van der Waals surface area contributed by atoms with E-state index in [1.165, 1.54) is 218 Å². The predicted molar refractivity (Wildman–Crippen MR) is 261 cm³/mol. The van der Waals surface area contributed by atoms with Crippen molar-refractivity contribution >= 4 is 17.9 Å². The Labute approximate surface area is 380 Å². The minimum atomic E-state index is -0.759. The zero-order chi connectivity index (χ0) is 44.4. The summed E-state index contributed by atoms with van der Waals surface area (Å²) in [7, 11) is 0. The van der Waals surface area contributed by atoms with Crippen LogP contribution in [0.3, 0.4) is 0 Å². The van der Waals surface area contributed by atoms with Crippen molar-refractivity contribution in [3.63, 3.8) is 0 Å². The number of hydrogen-bond acceptors (Lipinski definition) is 6. The molecule has 0 aliphatic rings. The fourth-order valence-electron chi connectivity index (χ4n) is 8.45. The van der Waals surface area contributed by atoms with Crippen LogP contribution in [0.15, 0.2) is 0 Å². The first kappa shape index (κ1) is 59.4. The summed E-state index contributed by atoms with van der Waals surface area (Å²) in [4.78, 5) is 37.9. The van der Waals surface area contributed by atoms with Crippen LogP contribution in [0.25, 0.3) is 0 Å². The van der Waals surface area contributed by atoms with Crippen molar-refractivity contribution in [1.82, 2.24) is 0 Å². The van der Waals surface area contributed by atoms with Crippen LogP contribution in [-0.4, -0.2) is 37.2 Å². The number of ether oxygens (including phenoxy) is 3. The molecule has 0 aromatic heterocycles. The van der Waals surface area contributed by atoms with Crippen LogP contribution >= 0.6 is 0 Å². The van der Waals surface area contributed by atoms with E-state index in [0.29, 0.717) is 19.3 Å². The Morgan fingerprint density at radius 3 is 0.656 bits per heavy atom. The number of esters is 3. The molecule has 0 N–H and O–H groups in total. The molecular formula is C55H106O6. The van der Waals surface area contributed by atoms with E-state index in [1.807, 2.05) is 0 Å². The third-order valence-corrected chi connectivity index (χ3v) is 12.6. The van der Waals surface area contributed by atoms with Crippen LogP contribution in [0.1, 0.15) is 316 Å². The van der Waals surface area contributed by atoms with Crippen LogP contribution in [0, 0.1) is 0 Å². The smallest absolute Gasteiger partial charge is 0.306 e. The molecule has 0 aliphatic carbocycles. The van der Waals surface area contributed by atoms with Gasteiger partial charge in [0.25, 0.3) is 0 Å². The molecule has 6 heteroatoms. The predicted octanol–water partition coefficient (Wildman–Crippen LogP) is 18.0. The molecule has 0 radical (unpaired) electrons. The molecule has 0 bridgehead atoms. The molecule has 0 saturated carbocycles. The van der Waals surface area contributed by atoms with Crippen LogP contribution in [-0.2, 0) is 28.6 Å². The highest BCUT2D eigenvalue weighted by molar-refractivity contribution is 5.71. The van der Waals surface area contributed by atoms with Crippen molar-refractivity contribution in [3.8, 4) is 0 Å². The van der Waals surface area contributed by atoms with E-state index in [-0.39, 0.29) is 31.1 Å². The lowest BCUT2D eigenvalue weighted by Gasteiger charge is -2.18. The molecule has 0 spiro atoms. The van der Waals surface area contributed by atoms with Gasteiger partial charge in [0.15, 0.2) is 6.10 Å². The molecule has 6 nitrogen and oxygen atoms in total. The molecule has 0 aromatic carbocycles. The Morgan fingerprint density at radius 2 is 0.443 bits per heavy atom. The van der Waals surface area contributed by atoms with E-state index >= 15 is 0 Å². The van der Waals surface area contributed by atoms with Crippen LogP contribution in [0.4, 0.5) is 0 Å². The van der Waals surface area contributed by atoms with Gasteiger partial charge in [-0.05, 0) is 19.3 Å². The summed E-state index contributed by atoms with van der Waals surface area (Å²) in [6, 6.07) is 0. The SMILES string of the molecule is CCCCCCCCCCCCCCCCCCCCC(=O)OCC(COC(=O)CCCCCCCCC)OC(=O)CCCCCCCCCCCCCCCCCCCC. The average Bonchev–Trinajstić information content (AvgIpc) is 3.26. The van der Waals surface area contributed by atoms with Gasteiger partial charge in [0, 0.05) is 19.3 Å². The Hall–Kier alpha value is -1.59. The number of hydrogen-bond donors (Lipinski definition) is 0. The van der Waals surface area contributed by atoms with Crippen molar-refractivity contribution in [2.45, 2.75) is 322 Å². The molecule has 0 saturated heterocycles. The zero-order valence-electron chi connectivity index (χ0n) is 41.5. The van der Waals surface area contributed by atoms with Crippen molar-refractivity contribution < 1.29 is 28.6 Å². The van der Waals surface area contributed by atoms with Crippen molar-refractivity contribution in [3.05, 3.63) is 0 Å². The van der Waals surface area contributed by atoms with Gasteiger partial charge >= 0.3 is 17.9 Å². The van der Waals surface area contributed by atoms with Gasteiger partial charge in [-0.25, -0.2) is 0 Å². The minimum Gasteiger partial charge on any atom is -0.462 e. The Kier molecular flexibility index (Phi) is 49.7. The van der Waals surface area contributed by atoms with E-state index in [2.05, 4.69) is 20.8 Å². The number of carbonyl (C=O) groups is 3. The van der Waals surface area contributed by atoms with Gasteiger partial charge in [-0.15, -0.1) is 0 Å². The average molecular weight is 863 g/mol. The lowest BCUT2D eigenvalue weighted by Crippen LogP contribution is -2.30. The highest BCUT2D eigenvalue weighted by Crippen LogP contribution is 2.17. The first-order chi connectivity index (χ1) is 30.0. The van der Waals surface area contributed by atoms with E-state index < -0.39 is 6.10 Å². The standard InChI is InChI=1S/C55H106O6/c1-4-7-10-13-16-18-20-22-24-26-28-30-32-34-36-39-42-45-48-54(57)60-51-52(50-59-53(56)47-44-41-38-15-12-9-6-3)61-55(58)49-46-43-40-37-35-33-31-29-27-25-23-21-19-17-14-11-8-5-2/h52H,4-51H2,1-3H3. The van der Waals surface area contributed by atoms with Gasteiger partial charge in [-0.2, -0.15) is 0 Å². The summed E-state index contributed by atoms with van der Waals surface area (Å²) in [5.41, 5.74) is 0. The monoisotopic (exact) mass is 863 g/mol. The second kappa shape index (κ2) is 51.0. The fourth-order valence-corrected chi connectivity index (χ4v) is 8.45. The van der Waals surface area contributed by atoms with E-state index in [4.69, 9.17) is 14.2 Å². The van der Waals surface area contributed by atoms with Crippen molar-refractivity contribution in [2.75, 3.05) is 13.2 Å². The summed E-state index contributed by atoms with van der Waals surface area (Å²) in [5, 5.41) is 0. The maximum atomic E-state index is 12.8. The Balaban J connectivity index is 4.15. The zero-order valence-corrected chi connectivity index (χ0v) is 41.5. The van der Waals surface area contributed by atoms with E-state index in [0.717, 1.165) is 57.8 Å². The highest BCUT2D eigenvalue weighted by Gasteiger charge is 2.19. The third kappa shape index (κ3) is 49.3. The molecule has 1 atom stereocenters. The maximum absolute atomic E-state index is 12.8. The molecule has 61 heavy (non-hydrogen) atoms. The second-order valence-corrected chi connectivity index (χ2v) is 18.9. The molecule has 0 rings (SSSR count). The van der Waals surface area contributed by atoms with Crippen LogP contribution in [0.5, 0.6) is 0 Å². The summed E-state index contributed by atoms with van der Waals surface area (Å²) in [6.45, 7) is 6.66. The molecule has 0 heterocycles. The fraction of sp³-hybridized carbons (Fsp3) is 0.945. The topological polar surface area (TPSA) is 78.9 Å². The van der Waals surface area contributed by atoms with Gasteiger partial charge in [0.2, 0.25) is 0 Å². The maximum Gasteiger partial charge on any atom is 0.306 e. The highest BCUT2D eigenvalue weighted by atomic mass is 16.6. The lowest BCUT2D eigenvalue weighted by atomic mass is 10.0. The van der Waals surface area contributed by atoms with Crippen molar-refractivity contribution in [1.29, 1.82) is 0 Å². The van der Waals surface area contributed by atoms with Gasteiger partial charge in [-0.1, -0.05) is 278 Å². The summed E-state index contributed by atoms with van der Waals surface area (Å²) in [5.74, 6) is -0.845. The molecule has 0 fully saturated rings. The molecular weight excluding hydrogens is 757 g/mol. The van der Waals surface area contributed by atoms with Crippen LogP contribution in [0.2, 0.25) is 0 Å². The largest absolute Gasteiger partial charge is 0.462 e. The first-order valence-electron chi connectivity index (χ1n) is 27.5. The van der Waals surface area contributed by atoms with Crippen LogP contribution < -0.4 is 0 Å². The van der Waals surface area contributed by atoms with Gasteiger partial charge in [-0.3, -0.25) is 14.4 Å². The molecule has 362 valence electrons. The number of carbonyl (C=O) groups excluding carboxylic acids is 3. The van der Waals surface area contributed by atoms with Gasteiger partial charge in [0.1, 0.15) is 13.2 Å². The second-order valence-electron chi connectivity index (χ2n) is 18.9. The summed E-state index contributed by atoms with van der Waals surface area (Å²) >= 11 is 0. The molecule has 0 aliphatic heterocycles. The quantitative estimate of drug-likeness (QED) is 0.0344. The number of rotatable bonds is 51. The van der Waals surface area contributed by atoms with Gasteiger partial charge < -0.3 is 14.2 Å². The summed E-state index contributed by atoms with van der Waals surface area (Å²) < 4.78 is 16.8.